The third kappa shape index (κ3) is 1.60. The van der Waals surface area contributed by atoms with Crippen LogP contribution in [0.3, 0.4) is 0 Å². The molecule has 0 saturated carbocycles. The Morgan fingerprint density at radius 1 is 1.53 bits per heavy atom. The fourth-order valence-corrected chi connectivity index (χ4v) is 1.71. The molecule has 1 N–H and O–H groups in total. The number of hydrogen-bond donors (Lipinski definition) is 1. The zero-order chi connectivity index (χ0) is 10.8. The van der Waals surface area contributed by atoms with Gasteiger partial charge < -0.3 is 10.1 Å². The number of methoxy groups -OCH3 is 1. The van der Waals surface area contributed by atoms with Gasteiger partial charge in [0, 0.05) is 19.2 Å². The summed E-state index contributed by atoms with van der Waals surface area (Å²) in [6, 6.07) is 2.89. The molecule has 1 aromatic heterocycles. The minimum absolute atomic E-state index is 0.0927. The van der Waals surface area contributed by atoms with Crippen LogP contribution in [0.5, 0.6) is 0 Å². The lowest BCUT2D eigenvalue weighted by Crippen LogP contribution is -2.30. The van der Waals surface area contributed by atoms with E-state index in [1.165, 1.54) is 19.2 Å². The Morgan fingerprint density at radius 3 is 3.07 bits per heavy atom. The SMILES string of the molecule is COC(=O)c1ccc(=O)n2c1NCCC2. The molecule has 2 heterocycles. The highest BCUT2D eigenvalue weighted by Gasteiger charge is 2.18. The first kappa shape index (κ1) is 9.76. The molecule has 0 aliphatic carbocycles. The van der Waals surface area contributed by atoms with Crippen LogP contribution in [-0.4, -0.2) is 24.2 Å². The molecule has 1 aromatic rings. The van der Waals surface area contributed by atoms with Crippen molar-refractivity contribution in [3.05, 3.63) is 28.0 Å². The van der Waals surface area contributed by atoms with Gasteiger partial charge in [-0.15, -0.1) is 0 Å². The summed E-state index contributed by atoms with van der Waals surface area (Å²) in [6.07, 6.45) is 0.886. The van der Waals surface area contributed by atoms with E-state index < -0.39 is 5.97 Å². The summed E-state index contributed by atoms with van der Waals surface area (Å²) in [7, 11) is 1.33. The highest BCUT2D eigenvalue weighted by atomic mass is 16.5. The van der Waals surface area contributed by atoms with Crippen molar-refractivity contribution >= 4 is 11.8 Å². The zero-order valence-corrected chi connectivity index (χ0v) is 8.45. The summed E-state index contributed by atoms with van der Waals surface area (Å²) < 4.78 is 6.21. The van der Waals surface area contributed by atoms with Gasteiger partial charge in [0.1, 0.15) is 11.4 Å². The third-order valence-electron chi connectivity index (χ3n) is 2.44. The number of pyridine rings is 1. The van der Waals surface area contributed by atoms with Gasteiger partial charge in [0.2, 0.25) is 0 Å². The van der Waals surface area contributed by atoms with Gasteiger partial charge in [-0.25, -0.2) is 4.79 Å². The number of ether oxygens (including phenoxy) is 1. The van der Waals surface area contributed by atoms with Gasteiger partial charge >= 0.3 is 5.97 Å². The second-order valence-corrected chi connectivity index (χ2v) is 3.36. The van der Waals surface area contributed by atoms with Gasteiger partial charge in [0.25, 0.3) is 5.56 Å². The Kier molecular flexibility index (Phi) is 2.45. The third-order valence-corrected chi connectivity index (χ3v) is 2.44. The highest BCUT2D eigenvalue weighted by molar-refractivity contribution is 5.94. The number of nitrogens with one attached hydrogen (secondary N) is 1. The molecule has 0 radical (unpaired) electrons. The van der Waals surface area contributed by atoms with Crippen LogP contribution in [0.4, 0.5) is 5.82 Å². The lowest BCUT2D eigenvalue weighted by Gasteiger charge is -2.21. The second-order valence-electron chi connectivity index (χ2n) is 3.36. The lowest BCUT2D eigenvalue weighted by atomic mass is 10.2. The van der Waals surface area contributed by atoms with Gasteiger partial charge in [0.15, 0.2) is 0 Å². The Bertz CT molecular complexity index is 450. The van der Waals surface area contributed by atoms with Crippen molar-refractivity contribution in [2.75, 3.05) is 19.0 Å². The molecule has 2 rings (SSSR count). The van der Waals surface area contributed by atoms with Gasteiger partial charge in [-0.1, -0.05) is 0 Å². The molecule has 1 aliphatic heterocycles. The molecule has 0 atom stereocenters. The Balaban J connectivity index is 2.57. The summed E-state index contributed by atoms with van der Waals surface area (Å²) in [6.45, 7) is 1.42. The first-order valence-corrected chi connectivity index (χ1v) is 4.80. The summed E-state index contributed by atoms with van der Waals surface area (Å²) in [4.78, 5) is 22.9. The number of hydrogen-bond acceptors (Lipinski definition) is 4. The molecular weight excluding hydrogens is 196 g/mol. The normalized spacial score (nSPS) is 13.9. The molecule has 1 aliphatic rings. The number of rotatable bonds is 1. The monoisotopic (exact) mass is 208 g/mol. The average Bonchev–Trinajstić information content (AvgIpc) is 2.29. The van der Waals surface area contributed by atoms with Gasteiger partial charge in [-0.05, 0) is 12.5 Å². The number of carbonyl (C=O) groups is 1. The standard InChI is InChI=1S/C10H12N2O3/c1-15-10(14)7-3-4-8(13)12-6-2-5-11-9(7)12/h3-4,11H,2,5-6H2,1H3. The van der Waals surface area contributed by atoms with Gasteiger partial charge in [-0.3, -0.25) is 9.36 Å². The van der Waals surface area contributed by atoms with Crippen molar-refractivity contribution < 1.29 is 9.53 Å². The Labute approximate surface area is 86.7 Å². The summed E-state index contributed by atoms with van der Waals surface area (Å²) >= 11 is 0. The summed E-state index contributed by atoms with van der Waals surface area (Å²) in [5.41, 5.74) is 0.321. The first-order valence-electron chi connectivity index (χ1n) is 4.80. The molecule has 0 spiro atoms. The molecule has 15 heavy (non-hydrogen) atoms. The fourth-order valence-electron chi connectivity index (χ4n) is 1.71. The Hall–Kier alpha value is -1.78. The molecular formula is C10H12N2O3. The van der Waals surface area contributed by atoms with E-state index in [4.69, 9.17) is 0 Å². The van der Waals surface area contributed by atoms with Crippen LogP contribution in [-0.2, 0) is 11.3 Å². The maximum Gasteiger partial charge on any atom is 0.341 e. The molecule has 5 nitrogen and oxygen atoms in total. The number of nitrogens with zero attached hydrogens (tertiary/aromatic N) is 1. The number of anilines is 1. The van der Waals surface area contributed by atoms with Gasteiger partial charge in [0.05, 0.1) is 7.11 Å². The number of esters is 1. The summed E-state index contributed by atoms with van der Waals surface area (Å²) in [5.74, 6) is 0.147. The van der Waals surface area contributed by atoms with Crippen LogP contribution < -0.4 is 10.9 Å². The van der Waals surface area contributed by atoms with Crippen molar-refractivity contribution in [1.82, 2.24) is 4.57 Å². The quantitative estimate of drug-likeness (QED) is 0.681. The maximum absolute atomic E-state index is 11.5. The molecule has 0 unspecified atom stereocenters. The van der Waals surface area contributed by atoms with E-state index >= 15 is 0 Å². The average molecular weight is 208 g/mol. The van der Waals surface area contributed by atoms with Gasteiger partial charge in [-0.2, -0.15) is 0 Å². The maximum atomic E-state index is 11.5. The number of aromatic nitrogens is 1. The highest BCUT2D eigenvalue weighted by Crippen LogP contribution is 2.17. The lowest BCUT2D eigenvalue weighted by molar-refractivity contribution is 0.0600. The van der Waals surface area contributed by atoms with Crippen molar-refractivity contribution in [2.24, 2.45) is 0 Å². The molecule has 80 valence electrons. The zero-order valence-electron chi connectivity index (χ0n) is 8.45. The van der Waals surface area contributed by atoms with Crippen molar-refractivity contribution in [1.29, 1.82) is 0 Å². The number of fused-ring (bicyclic) bond motifs is 1. The fraction of sp³-hybridized carbons (Fsp3) is 0.400. The van der Waals surface area contributed by atoms with E-state index in [9.17, 15) is 9.59 Å². The van der Waals surface area contributed by atoms with Crippen molar-refractivity contribution in [3.63, 3.8) is 0 Å². The Morgan fingerprint density at radius 2 is 2.33 bits per heavy atom. The second kappa shape index (κ2) is 3.76. The molecule has 0 fully saturated rings. The van der Waals surface area contributed by atoms with E-state index in [1.807, 2.05) is 0 Å². The first-order chi connectivity index (χ1) is 7.24. The van der Waals surface area contributed by atoms with Crippen LogP contribution in [0.1, 0.15) is 16.8 Å². The van der Waals surface area contributed by atoms with Crippen LogP contribution >= 0.6 is 0 Å². The predicted octanol–water partition coefficient (Wildman–Crippen LogP) is 0.450. The largest absolute Gasteiger partial charge is 0.465 e. The van der Waals surface area contributed by atoms with E-state index in [0.29, 0.717) is 17.9 Å². The topological polar surface area (TPSA) is 60.3 Å². The van der Waals surface area contributed by atoms with E-state index in [0.717, 1.165) is 13.0 Å². The van der Waals surface area contributed by atoms with Crippen LogP contribution in [0, 0.1) is 0 Å². The molecule has 0 bridgehead atoms. The van der Waals surface area contributed by atoms with E-state index in [2.05, 4.69) is 10.1 Å². The molecule has 0 amide bonds. The van der Waals surface area contributed by atoms with Crippen LogP contribution in [0.25, 0.3) is 0 Å². The molecule has 0 saturated heterocycles. The smallest absolute Gasteiger partial charge is 0.341 e. The van der Waals surface area contributed by atoms with E-state index in [1.54, 1.807) is 4.57 Å². The molecule has 0 aromatic carbocycles. The van der Waals surface area contributed by atoms with Crippen LogP contribution in [0.2, 0.25) is 0 Å². The van der Waals surface area contributed by atoms with Crippen molar-refractivity contribution in [3.8, 4) is 0 Å². The van der Waals surface area contributed by atoms with Crippen LogP contribution in [0.15, 0.2) is 16.9 Å². The molecule has 5 heteroatoms. The van der Waals surface area contributed by atoms with Crippen molar-refractivity contribution in [2.45, 2.75) is 13.0 Å². The number of carbonyl (C=O) groups excluding carboxylic acids is 1. The minimum atomic E-state index is -0.423. The summed E-state index contributed by atoms with van der Waals surface area (Å²) in [5, 5.41) is 3.05. The van der Waals surface area contributed by atoms with E-state index in [-0.39, 0.29) is 5.56 Å². The minimum Gasteiger partial charge on any atom is -0.465 e. The predicted molar refractivity (Wildman–Crippen MR) is 55.1 cm³/mol.